The molecule has 1 heterocycles. The lowest BCUT2D eigenvalue weighted by atomic mass is 9.94. The van der Waals surface area contributed by atoms with Gasteiger partial charge in [-0.05, 0) is 0 Å². The molecule has 0 aromatic carbocycles. The van der Waals surface area contributed by atoms with Gasteiger partial charge in [0.25, 0.3) is 0 Å². The molecule has 0 saturated carbocycles. The van der Waals surface area contributed by atoms with E-state index in [4.69, 9.17) is 28.4 Å². The Hall–Kier alpha value is -2.24. The molecule has 0 radical (unpaired) electrons. The molecule has 0 aromatic rings. The standard InChI is InChI=1S/C16H24O11/c1-7(17)23-6-11(22-5)12-13(24-8(2)18)14(25-9(3)19)15(16(21)27-12)26-10(4)20/h11-16,21H,6H2,1-5H3. The number of hydrogen-bond donors (Lipinski definition) is 1. The van der Waals surface area contributed by atoms with Crippen LogP contribution in [0.2, 0.25) is 0 Å². The first kappa shape index (κ1) is 22.8. The summed E-state index contributed by atoms with van der Waals surface area (Å²) in [6.45, 7) is 4.20. The van der Waals surface area contributed by atoms with E-state index in [2.05, 4.69) is 0 Å². The predicted octanol–water partition coefficient (Wildman–Crippen LogP) is -0.923. The molecule has 11 nitrogen and oxygen atoms in total. The van der Waals surface area contributed by atoms with Crippen LogP contribution in [-0.4, -0.2) is 79.5 Å². The van der Waals surface area contributed by atoms with Gasteiger partial charge < -0.3 is 33.5 Å². The van der Waals surface area contributed by atoms with Crippen LogP contribution in [0.5, 0.6) is 0 Å². The maximum Gasteiger partial charge on any atom is 0.303 e. The minimum atomic E-state index is -1.72. The fraction of sp³-hybridized carbons (Fsp3) is 0.750. The summed E-state index contributed by atoms with van der Waals surface area (Å²) in [6, 6.07) is 0. The summed E-state index contributed by atoms with van der Waals surface area (Å²) in [5.41, 5.74) is 0. The maximum atomic E-state index is 11.6. The molecule has 1 aliphatic heterocycles. The van der Waals surface area contributed by atoms with Gasteiger partial charge in [0.2, 0.25) is 0 Å². The Labute approximate surface area is 155 Å². The fourth-order valence-electron chi connectivity index (χ4n) is 2.62. The summed E-state index contributed by atoms with van der Waals surface area (Å²) in [6.07, 6.45) is -8.02. The number of rotatable bonds is 7. The van der Waals surface area contributed by atoms with Crippen molar-refractivity contribution in [3.63, 3.8) is 0 Å². The molecule has 1 N–H and O–H groups in total. The van der Waals surface area contributed by atoms with Gasteiger partial charge in [-0.2, -0.15) is 0 Å². The van der Waals surface area contributed by atoms with Gasteiger partial charge in [0.15, 0.2) is 24.6 Å². The topological polar surface area (TPSA) is 144 Å². The molecular weight excluding hydrogens is 368 g/mol. The zero-order chi connectivity index (χ0) is 20.7. The highest BCUT2D eigenvalue weighted by molar-refractivity contribution is 5.68. The Balaban J connectivity index is 3.23. The van der Waals surface area contributed by atoms with Crippen molar-refractivity contribution in [2.24, 2.45) is 0 Å². The fourth-order valence-corrected chi connectivity index (χ4v) is 2.62. The minimum absolute atomic E-state index is 0.286. The summed E-state index contributed by atoms with van der Waals surface area (Å²) in [5, 5.41) is 10.3. The second-order valence-electron chi connectivity index (χ2n) is 5.79. The Kier molecular flexibility index (Phi) is 8.60. The van der Waals surface area contributed by atoms with E-state index in [1.54, 1.807) is 0 Å². The maximum absolute atomic E-state index is 11.6. The van der Waals surface area contributed by atoms with Crippen LogP contribution in [0, 0.1) is 0 Å². The molecule has 1 aliphatic rings. The zero-order valence-electron chi connectivity index (χ0n) is 15.7. The average molecular weight is 392 g/mol. The number of carbonyl (C=O) groups excluding carboxylic acids is 4. The van der Waals surface area contributed by atoms with Crippen LogP contribution in [0.4, 0.5) is 0 Å². The van der Waals surface area contributed by atoms with Crippen LogP contribution >= 0.6 is 0 Å². The third-order valence-corrected chi connectivity index (χ3v) is 3.58. The van der Waals surface area contributed by atoms with Crippen molar-refractivity contribution >= 4 is 23.9 Å². The first-order valence-corrected chi connectivity index (χ1v) is 8.08. The van der Waals surface area contributed by atoms with E-state index in [1.165, 1.54) is 14.0 Å². The van der Waals surface area contributed by atoms with Gasteiger partial charge in [0.05, 0.1) is 0 Å². The molecule has 0 amide bonds. The van der Waals surface area contributed by atoms with Gasteiger partial charge in [-0.1, -0.05) is 0 Å². The van der Waals surface area contributed by atoms with Crippen molar-refractivity contribution in [1.29, 1.82) is 0 Å². The smallest absolute Gasteiger partial charge is 0.303 e. The third-order valence-electron chi connectivity index (χ3n) is 3.58. The summed E-state index contributed by atoms with van der Waals surface area (Å²) >= 11 is 0. The number of methoxy groups -OCH3 is 1. The molecule has 0 aromatic heterocycles. The minimum Gasteiger partial charge on any atom is -0.463 e. The van der Waals surface area contributed by atoms with E-state index in [-0.39, 0.29) is 6.61 Å². The summed E-state index contributed by atoms with van der Waals surface area (Å²) < 4.78 is 30.8. The van der Waals surface area contributed by atoms with E-state index in [0.717, 1.165) is 20.8 Å². The number of carbonyl (C=O) groups is 4. The number of aliphatic hydroxyl groups excluding tert-OH is 1. The second-order valence-corrected chi connectivity index (χ2v) is 5.79. The first-order chi connectivity index (χ1) is 12.6. The van der Waals surface area contributed by atoms with E-state index >= 15 is 0 Å². The van der Waals surface area contributed by atoms with Gasteiger partial charge in [-0.3, -0.25) is 19.2 Å². The molecule has 1 fully saturated rings. The Morgan fingerprint density at radius 1 is 0.852 bits per heavy atom. The van der Waals surface area contributed by atoms with E-state index in [1.807, 2.05) is 0 Å². The quantitative estimate of drug-likeness (QED) is 0.424. The van der Waals surface area contributed by atoms with Crippen LogP contribution in [0.25, 0.3) is 0 Å². The second kappa shape index (κ2) is 10.2. The summed E-state index contributed by atoms with van der Waals surface area (Å²) in [4.78, 5) is 45.5. The first-order valence-electron chi connectivity index (χ1n) is 8.08. The lowest BCUT2D eigenvalue weighted by molar-refractivity contribution is -0.307. The Bertz CT molecular complexity index is 561. The Morgan fingerprint density at radius 2 is 1.33 bits per heavy atom. The molecule has 11 heteroatoms. The normalized spacial score (nSPS) is 28.6. The zero-order valence-corrected chi connectivity index (χ0v) is 15.7. The molecule has 1 rings (SSSR count). The number of aliphatic hydroxyl groups is 1. The van der Waals surface area contributed by atoms with Gasteiger partial charge in [-0.25, -0.2) is 0 Å². The van der Waals surface area contributed by atoms with Crippen molar-refractivity contribution < 1.29 is 52.7 Å². The lowest BCUT2D eigenvalue weighted by Gasteiger charge is -2.44. The molecule has 154 valence electrons. The lowest BCUT2D eigenvalue weighted by Crippen LogP contribution is -2.64. The van der Waals surface area contributed by atoms with Crippen molar-refractivity contribution in [3.05, 3.63) is 0 Å². The Morgan fingerprint density at radius 3 is 1.78 bits per heavy atom. The highest BCUT2D eigenvalue weighted by atomic mass is 16.7. The van der Waals surface area contributed by atoms with Gasteiger partial charge in [-0.15, -0.1) is 0 Å². The third kappa shape index (κ3) is 6.77. The van der Waals surface area contributed by atoms with Gasteiger partial charge in [0, 0.05) is 34.8 Å². The van der Waals surface area contributed by atoms with Crippen LogP contribution < -0.4 is 0 Å². The number of esters is 4. The van der Waals surface area contributed by atoms with Crippen LogP contribution in [0.3, 0.4) is 0 Å². The summed E-state index contributed by atoms with van der Waals surface area (Å²) in [5.74, 6) is -2.88. The van der Waals surface area contributed by atoms with Crippen molar-refractivity contribution in [3.8, 4) is 0 Å². The van der Waals surface area contributed by atoms with E-state index in [9.17, 15) is 24.3 Å². The molecule has 0 aliphatic carbocycles. The molecule has 0 spiro atoms. The highest BCUT2D eigenvalue weighted by Crippen LogP contribution is 2.30. The molecular formula is C16H24O11. The van der Waals surface area contributed by atoms with Gasteiger partial charge in [0.1, 0.15) is 18.8 Å². The molecule has 0 bridgehead atoms. The van der Waals surface area contributed by atoms with Crippen molar-refractivity contribution in [1.82, 2.24) is 0 Å². The number of ether oxygens (including phenoxy) is 6. The highest BCUT2D eigenvalue weighted by Gasteiger charge is 2.53. The van der Waals surface area contributed by atoms with E-state index < -0.39 is 60.7 Å². The number of hydrogen-bond acceptors (Lipinski definition) is 11. The largest absolute Gasteiger partial charge is 0.463 e. The molecule has 6 unspecified atom stereocenters. The monoisotopic (exact) mass is 392 g/mol. The summed E-state index contributed by atoms with van der Waals surface area (Å²) in [7, 11) is 1.29. The van der Waals surface area contributed by atoms with Crippen LogP contribution in [0.1, 0.15) is 27.7 Å². The van der Waals surface area contributed by atoms with Crippen LogP contribution in [0.15, 0.2) is 0 Å². The SMILES string of the molecule is COC(COC(C)=O)C1OC(O)C(OC(C)=O)C(OC(C)=O)C1OC(C)=O. The van der Waals surface area contributed by atoms with Crippen LogP contribution in [-0.2, 0) is 47.6 Å². The van der Waals surface area contributed by atoms with E-state index in [0.29, 0.717) is 0 Å². The predicted molar refractivity (Wildman–Crippen MR) is 85.0 cm³/mol. The average Bonchev–Trinajstić information content (AvgIpc) is 2.53. The van der Waals surface area contributed by atoms with Crippen molar-refractivity contribution in [2.75, 3.05) is 13.7 Å². The van der Waals surface area contributed by atoms with Gasteiger partial charge >= 0.3 is 23.9 Å². The molecule has 1 saturated heterocycles. The van der Waals surface area contributed by atoms with Crippen molar-refractivity contribution in [2.45, 2.75) is 64.5 Å². The molecule has 6 atom stereocenters. The molecule has 27 heavy (non-hydrogen) atoms.